The molecule has 2 aromatic rings. The zero-order chi connectivity index (χ0) is 16.8. The zero-order valence-corrected chi connectivity index (χ0v) is 18.4. The topological polar surface area (TPSA) is 3.24 Å². The Morgan fingerprint density at radius 3 is 2.33 bits per heavy atom. The molecule has 0 amide bonds. The molecule has 0 radical (unpaired) electrons. The van der Waals surface area contributed by atoms with Gasteiger partial charge in [-0.25, -0.2) is 0 Å². The zero-order valence-electron chi connectivity index (χ0n) is 14.4. The van der Waals surface area contributed by atoms with Gasteiger partial charge in [-0.2, -0.15) is 4.90 Å². The third kappa shape index (κ3) is 6.37. The van der Waals surface area contributed by atoms with Crippen LogP contribution in [-0.4, -0.2) is 4.61 Å². The number of anilines is 1. The minimum absolute atomic E-state index is 0. The van der Waals surface area contributed by atoms with Crippen LogP contribution in [0.1, 0.15) is 28.0 Å². The van der Waals surface area contributed by atoms with Gasteiger partial charge in [-0.05, 0) is 38.0 Å². The summed E-state index contributed by atoms with van der Waals surface area (Å²) >= 11 is 0.0926. The Labute approximate surface area is 163 Å². The van der Waals surface area contributed by atoms with Crippen LogP contribution < -0.4 is 4.90 Å². The summed E-state index contributed by atoms with van der Waals surface area (Å²) in [5, 5.41) is 2.01. The van der Waals surface area contributed by atoms with Crippen LogP contribution in [0.2, 0.25) is 0 Å². The van der Waals surface area contributed by atoms with Gasteiger partial charge in [0.2, 0.25) is 0 Å². The van der Waals surface area contributed by atoms with E-state index in [0.29, 0.717) is 0 Å². The molecule has 1 aromatic carbocycles. The molecule has 1 aliphatic heterocycles. The summed E-state index contributed by atoms with van der Waals surface area (Å²) in [5.41, 5.74) is 5.38. The van der Waals surface area contributed by atoms with E-state index in [9.17, 15) is 0 Å². The number of hydrogen-bond acceptors (Lipinski definition) is 2. The van der Waals surface area contributed by atoms with E-state index in [-0.39, 0.29) is 7.43 Å². The molecule has 1 aliphatic rings. The molecular formula is C19H23Cl2NRuS. The normalized spacial score (nSPS) is 12.7. The fourth-order valence-electron chi connectivity index (χ4n) is 2.58. The molecule has 2 heterocycles. The maximum absolute atomic E-state index is 5.63. The van der Waals surface area contributed by atoms with E-state index in [1.807, 2.05) is 22.1 Å². The maximum atomic E-state index is 5.63. The van der Waals surface area contributed by atoms with Crippen LogP contribution in [0, 0.1) is 34.7 Å². The number of thiophene rings is 1. The predicted octanol–water partition coefficient (Wildman–Crippen LogP) is 6.77. The third-order valence-electron chi connectivity index (χ3n) is 3.32. The molecule has 0 fully saturated rings. The van der Waals surface area contributed by atoms with Gasteiger partial charge in [0.1, 0.15) is 6.42 Å². The van der Waals surface area contributed by atoms with Crippen LogP contribution in [0.5, 0.6) is 0 Å². The van der Waals surface area contributed by atoms with Crippen LogP contribution >= 0.6 is 30.7 Å². The number of aryl methyl sites for hydroxylation is 3. The molecule has 5 heteroatoms. The molecule has 0 saturated carbocycles. The van der Waals surface area contributed by atoms with E-state index >= 15 is 0 Å². The van der Waals surface area contributed by atoms with Crippen molar-refractivity contribution in [1.82, 2.24) is 0 Å². The van der Waals surface area contributed by atoms with Crippen LogP contribution in [0.15, 0.2) is 41.9 Å². The van der Waals surface area contributed by atoms with E-state index in [1.54, 1.807) is 11.3 Å². The molecule has 0 N–H and O–H groups in total. The van der Waals surface area contributed by atoms with Crippen molar-refractivity contribution >= 4 is 41.0 Å². The molecule has 0 atom stereocenters. The van der Waals surface area contributed by atoms with Gasteiger partial charge in [0, 0.05) is 0 Å². The Bertz CT molecular complexity index is 681. The second kappa shape index (κ2) is 10.4. The summed E-state index contributed by atoms with van der Waals surface area (Å²) in [5.74, 6) is 0. The molecule has 0 spiro atoms. The fourth-order valence-corrected chi connectivity index (χ4v) is 6.01. The van der Waals surface area contributed by atoms with Crippen molar-refractivity contribution in [3.8, 4) is 0 Å². The van der Waals surface area contributed by atoms with E-state index in [2.05, 4.69) is 56.6 Å². The van der Waals surface area contributed by atoms with Gasteiger partial charge >= 0.3 is 71.2 Å². The second-order valence-corrected chi connectivity index (χ2v) is 12.0. The van der Waals surface area contributed by atoms with Crippen molar-refractivity contribution < 1.29 is 13.5 Å². The van der Waals surface area contributed by atoms with Crippen LogP contribution in [0.3, 0.4) is 0 Å². The second-order valence-electron chi connectivity index (χ2n) is 5.28. The Morgan fingerprint density at radius 1 is 1.21 bits per heavy atom. The molecular weight excluding hydrogens is 446 g/mol. The predicted molar refractivity (Wildman–Crippen MR) is 109 cm³/mol. The molecule has 0 unspecified atom stereocenters. The number of benzene rings is 1. The van der Waals surface area contributed by atoms with Crippen molar-refractivity contribution in [3.63, 3.8) is 0 Å². The Hall–Kier alpha value is -0.597. The molecule has 1 aromatic heterocycles. The van der Waals surface area contributed by atoms with E-state index in [4.69, 9.17) is 19.4 Å². The van der Waals surface area contributed by atoms with Gasteiger partial charge in [0.15, 0.2) is 6.54 Å². The first-order valence-electron chi connectivity index (χ1n) is 7.20. The molecule has 132 valence electrons. The first kappa shape index (κ1) is 21.4. The van der Waals surface area contributed by atoms with Crippen LogP contribution in [-0.2, 0) is 13.5 Å². The van der Waals surface area contributed by atoms with Crippen LogP contribution in [0.25, 0.3) is 0 Å². The quantitative estimate of drug-likeness (QED) is 0.347. The Morgan fingerprint density at radius 2 is 1.88 bits per heavy atom. The SMILES string of the molecule is Cc1cc(C)c(N2C=CC[CH+]2)c(C)c1.[CH3-].[Cl][Ru]([Cl])=[CH]c1cccs1. The van der Waals surface area contributed by atoms with Crippen molar-refractivity contribution in [1.29, 1.82) is 0 Å². The monoisotopic (exact) mass is 469 g/mol. The van der Waals surface area contributed by atoms with Gasteiger partial charge in [-0.3, -0.25) is 0 Å². The number of halogens is 2. The molecule has 0 saturated heterocycles. The fraction of sp³-hybridized carbons (Fsp3) is 0.211. The molecule has 3 rings (SSSR count). The standard InChI is InChI=1S/C13H16N.C5H4S.CH3.2ClH.Ru/c1-10-8-11(2)13(12(3)9-10)14-6-4-5-7-14;1-5-3-2-4-6-5;;;;/h4,6-9H,5H2,1-3H3;1-4H;1H3;2*1H;/q+1;;-1;;;+2/p-2. The van der Waals surface area contributed by atoms with E-state index in [0.717, 1.165) is 6.42 Å². The van der Waals surface area contributed by atoms with Crippen molar-refractivity contribution in [2.45, 2.75) is 27.2 Å². The van der Waals surface area contributed by atoms with Crippen molar-refractivity contribution in [2.24, 2.45) is 0 Å². The van der Waals surface area contributed by atoms with Gasteiger partial charge in [0.25, 0.3) is 0 Å². The number of rotatable bonds is 2. The number of hydrogen-bond donors (Lipinski definition) is 0. The molecule has 0 aliphatic carbocycles. The summed E-state index contributed by atoms with van der Waals surface area (Å²) in [6.45, 7) is 8.71. The summed E-state index contributed by atoms with van der Waals surface area (Å²) in [6.07, 6.45) is 5.37. The average molecular weight is 469 g/mol. The minimum atomic E-state index is -1.57. The summed E-state index contributed by atoms with van der Waals surface area (Å²) in [6, 6.07) is 8.48. The van der Waals surface area contributed by atoms with E-state index in [1.165, 1.54) is 27.3 Å². The Kier molecular flexibility index (Phi) is 9.30. The average Bonchev–Trinajstić information content (AvgIpc) is 3.11. The van der Waals surface area contributed by atoms with Gasteiger partial charge < -0.3 is 7.43 Å². The van der Waals surface area contributed by atoms with Gasteiger partial charge in [-0.15, -0.1) is 0 Å². The van der Waals surface area contributed by atoms with Crippen LogP contribution in [0.4, 0.5) is 5.69 Å². The molecule has 24 heavy (non-hydrogen) atoms. The summed E-state index contributed by atoms with van der Waals surface area (Å²) in [7, 11) is 11.3. The van der Waals surface area contributed by atoms with Crippen molar-refractivity contribution in [3.05, 3.63) is 77.5 Å². The molecule has 1 nitrogen and oxygen atoms in total. The van der Waals surface area contributed by atoms with Gasteiger partial charge in [0.05, 0.1) is 11.9 Å². The first-order valence-corrected chi connectivity index (χ1v) is 13.6. The third-order valence-corrected chi connectivity index (χ3v) is 6.30. The Balaban J connectivity index is 0.000000252. The first-order chi connectivity index (χ1) is 11.0. The summed E-state index contributed by atoms with van der Waals surface area (Å²) < 4.78 is 1.94. The summed E-state index contributed by atoms with van der Waals surface area (Å²) in [4.78, 5) is 3.41. The van der Waals surface area contributed by atoms with E-state index < -0.39 is 13.5 Å². The number of nitrogens with zero attached hydrogens (tertiary/aromatic N) is 1. The molecule has 0 bridgehead atoms. The van der Waals surface area contributed by atoms with Gasteiger partial charge in [-0.1, -0.05) is 17.7 Å². The van der Waals surface area contributed by atoms with Crippen molar-refractivity contribution in [2.75, 3.05) is 4.90 Å².